The molecule has 0 fully saturated rings. The van der Waals surface area contributed by atoms with Crippen molar-refractivity contribution in [1.29, 1.82) is 0 Å². The SMILES string of the molecule is CC(=O)c1ccccc1-c1cccc(C(C)(F)F)c1. The lowest BCUT2D eigenvalue weighted by Crippen LogP contribution is -2.06. The molecule has 2 aromatic rings. The summed E-state index contributed by atoms with van der Waals surface area (Å²) in [7, 11) is 0. The molecule has 0 bridgehead atoms. The number of benzene rings is 2. The molecule has 98 valence electrons. The molecule has 0 unspecified atom stereocenters. The standard InChI is InChI=1S/C16H14F2O/c1-11(19)14-8-3-4-9-15(14)12-6-5-7-13(10-12)16(2,17)18/h3-10H,1-2H3. The summed E-state index contributed by atoms with van der Waals surface area (Å²) in [5.74, 6) is -2.97. The molecule has 0 aliphatic carbocycles. The first-order valence-corrected chi connectivity index (χ1v) is 5.98. The molecule has 2 rings (SSSR count). The topological polar surface area (TPSA) is 17.1 Å². The van der Waals surface area contributed by atoms with Gasteiger partial charge in [-0.3, -0.25) is 4.79 Å². The van der Waals surface area contributed by atoms with Crippen molar-refractivity contribution in [3.8, 4) is 11.1 Å². The van der Waals surface area contributed by atoms with Crippen molar-refractivity contribution in [1.82, 2.24) is 0 Å². The average Bonchev–Trinajstić information content (AvgIpc) is 2.38. The maximum absolute atomic E-state index is 13.3. The van der Waals surface area contributed by atoms with E-state index < -0.39 is 5.92 Å². The summed E-state index contributed by atoms with van der Waals surface area (Å²) in [6.07, 6.45) is 0. The van der Waals surface area contributed by atoms with E-state index >= 15 is 0 Å². The first-order chi connectivity index (χ1) is 8.89. The van der Waals surface area contributed by atoms with E-state index in [2.05, 4.69) is 0 Å². The third-order valence-corrected chi connectivity index (χ3v) is 2.99. The highest BCUT2D eigenvalue weighted by atomic mass is 19.3. The van der Waals surface area contributed by atoms with Gasteiger partial charge in [-0.1, -0.05) is 42.5 Å². The van der Waals surface area contributed by atoms with Crippen molar-refractivity contribution < 1.29 is 13.6 Å². The summed E-state index contributed by atoms with van der Waals surface area (Å²) in [6, 6.07) is 13.2. The number of carbonyl (C=O) groups excluding carboxylic acids is 1. The Morgan fingerprint density at radius 1 is 1.05 bits per heavy atom. The van der Waals surface area contributed by atoms with Crippen LogP contribution in [0.4, 0.5) is 8.78 Å². The van der Waals surface area contributed by atoms with Crippen molar-refractivity contribution in [3.05, 3.63) is 59.7 Å². The minimum absolute atomic E-state index is 0.0524. The van der Waals surface area contributed by atoms with E-state index in [1.165, 1.54) is 19.1 Å². The molecule has 19 heavy (non-hydrogen) atoms. The second-order valence-electron chi connectivity index (χ2n) is 4.57. The first kappa shape index (κ1) is 13.4. The van der Waals surface area contributed by atoms with Crippen LogP contribution in [0.3, 0.4) is 0 Å². The van der Waals surface area contributed by atoms with Crippen LogP contribution < -0.4 is 0 Å². The van der Waals surface area contributed by atoms with Gasteiger partial charge in [-0.05, 0) is 24.1 Å². The number of rotatable bonds is 3. The second kappa shape index (κ2) is 4.92. The zero-order valence-electron chi connectivity index (χ0n) is 10.8. The molecular weight excluding hydrogens is 246 g/mol. The molecule has 0 saturated heterocycles. The maximum atomic E-state index is 13.3. The van der Waals surface area contributed by atoms with Crippen LogP contribution in [-0.2, 0) is 5.92 Å². The Hall–Kier alpha value is -2.03. The Bertz CT molecular complexity index is 612. The number of alkyl halides is 2. The van der Waals surface area contributed by atoms with E-state index in [-0.39, 0.29) is 11.3 Å². The summed E-state index contributed by atoms with van der Waals surface area (Å²) in [6.45, 7) is 2.33. The van der Waals surface area contributed by atoms with Crippen LogP contribution >= 0.6 is 0 Å². The number of halogens is 2. The highest BCUT2D eigenvalue weighted by molar-refractivity contribution is 6.00. The molecule has 0 heterocycles. The molecule has 0 N–H and O–H groups in total. The molecule has 3 heteroatoms. The van der Waals surface area contributed by atoms with Crippen LogP contribution in [-0.4, -0.2) is 5.78 Å². The van der Waals surface area contributed by atoms with Crippen molar-refractivity contribution in [2.24, 2.45) is 0 Å². The van der Waals surface area contributed by atoms with E-state index in [9.17, 15) is 13.6 Å². The van der Waals surface area contributed by atoms with Gasteiger partial charge in [-0.15, -0.1) is 0 Å². The van der Waals surface area contributed by atoms with Crippen molar-refractivity contribution in [2.45, 2.75) is 19.8 Å². The molecular formula is C16H14F2O. The Kier molecular flexibility index (Phi) is 3.47. The Balaban J connectivity index is 2.57. The molecule has 0 amide bonds. The lowest BCUT2D eigenvalue weighted by Gasteiger charge is -2.13. The van der Waals surface area contributed by atoms with Gasteiger partial charge in [0.1, 0.15) is 0 Å². The van der Waals surface area contributed by atoms with E-state index in [1.807, 2.05) is 0 Å². The molecule has 0 radical (unpaired) electrons. The normalized spacial score (nSPS) is 11.4. The monoisotopic (exact) mass is 260 g/mol. The smallest absolute Gasteiger partial charge is 0.270 e. The fraction of sp³-hybridized carbons (Fsp3) is 0.188. The highest BCUT2D eigenvalue weighted by Gasteiger charge is 2.24. The van der Waals surface area contributed by atoms with Crippen molar-refractivity contribution in [3.63, 3.8) is 0 Å². The number of ketones is 1. The lowest BCUT2D eigenvalue weighted by atomic mass is 9.95. The third kappa shape index (κ3) is 2.87. The molecule has 2 aromatic carbocycles. The largest absolute Gasteiger partial charge is 0.294 e. The molecule has 0 aliphatic rings. The van der Waals surface area contributed by atoms with Gasteiger partial charge in [0, 0.05) is 18.1 Å². The Morgan fingerprint density at radius 3 is 2.37 bits per heavy atom. The minimum atomic E-state index is -2.89. The number of Topliss-reactive ketones (excluding diaryl/α,β-unsaturated/α-hetero) is 1. The summed E-state index contributed by atoms with van der Waals surface area (Å²) in [5, 5.41) is 0. The lowest BCUT2D eigenvalue weighted by molar-refractivity contribution is 0.0175. The minimum Gasteiger partial charge on any atom is -0.294 e. The number of carbonyl (C=O) groups is 1. The fourth-order valence-electron chi connectivity index (χ4n) is 2.00. The van der Waals surface area contributed by atoms with Gasteiger partial charge in [0.25, 0.3) is 5.92 Å². The molecule has 0 spiro atoms. The maximum Gasteiger partial charge on any atom is 0.270 e. The quantitative estimate of drug-likeness (QED) is 0.733. The average molecular weight is 260 g/mol. The van der Waals surface area contributed by atoms with Gasteiger partial charge in [0.2, 0.25) is 0 Å². The predicted molar refractivity (Wildman–Crippen MR) is 71.5 cm³/mol. The second-order valence-corrected chi connectivity index (χ2v) is 4.57. The zero-order chi connectivity index (χ0) is 14.0. The summed E-state index contributed by atoms with van der Waals surface area (Å²) < 4.78 is 26.7. The summed E-state index contributed by atoms with van der Waals surface area (Å²) in [5.41, 5.74) is 1.80. The Labute approximate surface area is 110 Å². The van der Waals surface area contributed by atoms with Gasteiger partial charge in [-0.2, -0.15) is 0 Å². The van der Waals surface area contributed by atoms with Gasteiger partial charge < -0.3 is 0 Å². The molecule has 0 aromatic heterocycles. The summed E-state index contributed by atoms with van der Waals surface area (Å²) >= 11 is 0. The van der Waals surface area contributed by atoms with E-state index in [0.717, 1.165) is 6.92 Å². The molecule has 1 nitrogen and oxygen atoms in total. The molecule has 0 atom stereocenters. The van der Waals surface area contributed by atoms with Crippen LogP contribution in [0.1, 0.15) is 29.8 Å². The first-order valence-electron chi connectivity index (χ1n) is 5.98. The van der Waals surface area contributed by atoms with Gasteiger partial charge in [0.05, 0.1) is 0 Å². The van der Waals surface area contributed by atoms with Gasteiger partial charge in [-0.25, -0.2) is 8.78 Å². The van der Waals surface area contributed by atoms with E-state index in [1.54, 1.807) is 36.4 Å². The zero-order valence-corrected chi connectivity index (χ0v) is 10.8. The van der Waals surface area contributed by atoms with Crippen molar-refractivity contribution in [2.75, 3.05) is 0 Å². The number of hydrogen-bond acceptors (Lipinski definition) is 1. The van der Waals surface area contributed by atoms with Crippen LogP contribution in [0.5, 0.6) is 0 Å². The van der Waals surface area contributed by atoms with Crippen LogP contribution in [0.15, 0.2) is 48.5 Å². The van der Waals surface area contributed by atoms with Crippen LogP contribution in [0, 0.1) is 0 Å². The van der Waals surface area contributed by atoms with Crippen LogP contribution in [0.25, 0.3) is 11.1 Å². The Morgan fingerprint density at radius 2 is 1.74 bits per heavy atom. The summed E-state index contributed by atoms with van der Waals surface area (Å²) in [4.78, 5) is 11.6. The van der Waals surface area contributed by atoms with Gasteiger partial charge >= 0.3 is 0 Å². The van der Waals surface area contributed by atoms with E-state index in [4.69, 9.17) is 0 Å². The molecule has 0 aliphatic heterocycles. The fourth-order valence-corrected chi connectivity index (χ4v) is 2.00. The van der Waals surface area contributed by atoms with Crippen molar-refractivity contribution >= 4 is 5.78 Å². The molecule has 0 saturated carbocycles. The van der Waals surface area contributed by atoms with Crippen LogP contribution in [0.2, 0.25) is 0 Å². The highest BCUT2D eigenvalue weighted by Crippen LogP contribution is 2.31. The van der Waals surface area contributed by atoms with Gasteiger partial charge in [0.15, 0.2) is 5.78 Å². The van der Waals surface area contributed by atoms with E-state index in [0.29, 0.717) is 16.7 Å². The predicted octanol–water partition coefficient (Wildman–Crippen LogP) is 4.67. The third-order valence-electron chi connectivity index (χ3n) is 2.99. The number of hydrogen-bond donors (Lipinski definition) is 0.